The summed E-state index contributed by atoms with van der Waals surface area (Å²) < 4.78 is 5.49. The average molecular weight is 355 g/mol. The molecule has 0 fully saturated rings. The van der Waals surface area contributed by atoms with Gasteiger partial charge in [-0.1, -0.05) is 27.7 Å². The first-order valence-electron chi connectivity index (χ1n) is 8.83. The molecule has 0 atom stereocenters. The normalized spacial score (nSPS) is 11.7. The summed E-state index contributed by atoms with van der Waals surface area (Å²) in [6.45, 7) is 11.0. The van der Waals surface area contributed by atoms with E-state index in [0.717, 1.165) is 34.6 Å². The molecule has 0 aliphatic heterocycles. The standard InChI is InChI=1S/C21H26N2OS/c1-12(2)9-20-22-18(11-25-20)17-10-16(13(3)4)15-7-8-19(24-6)14(5)21(15)23-17/h7-8,10-13H,9H2,1-6H3. The van der Waals surface area contributed by atoms with E-state index in [1.165, 1.54) is 16.0 Å². The van der Waals surface area contributed by atoms with Crippen molar-refractivity contribution in [1.29, 1.82) is 0 Å². The lowest BCUT2D eigenvalue weighted by Crippen LogP contribution is -1.98. The second kappa shape index (κ2) is 7.12. The molecule has 0 aliphatic carbocycles. The topological polar surface area (TPSA) is 35.0 Å². The lowest BCUT2D eigenvalue weighted by molar-refractivity contribution is 0.412. The number of thiazole rings is 1. The van der Waals surface area contributed by atoms with Crippen molar-refractivity contribution in [3.05, 3.63) is 39.7 Å². The van der Waals surface area contributed by atoms with Gasteiger partial charge in [0.25, 0.3) is 0 Å². The number of methoxy groups -OCH3 is 1. The van der Waals surface area contributed by atoms with Gasteiger partial charge in [-0.3, -0.25) is 0 Å². The van der Waals surface area contributed by atoms with Crippen molar-refractivity contribution >= 4 is 22.2 Å². The number of fused-ring (bicyclic) bond motifs is 1. The average Bonchev–Trinajstić information content (AvgIpc) is 3.02. The number of aryl methyl sites for hydroxylation is 1. The Morgan fingerprint density at radius 3 is 2.48 bits per heavy atom. The summed E-state index contributed by atoms with van der Waals surface area (Å²) in [6, 6.07) is 6.36. The van der Waals surface area contributed by atoms with Crippen LogP contribution in [0.4, 0.5) is 0 Å². The zero-order chi connectivity index (χ0) is 18.1. The molecule has 3 rings (SSSR count). The van der Waals surface area contributed by atoms with Crippen molar-refractivity contribution in [1.82, 2.24) is 9.97 Å². The zero-order valence-electron chi connectivity index (χ0n) is 15.9. The number of aromatic nitrogens is 2. The first kappa shape index (κ1) is 17.9. The van der Waals surface area contributed by atoms with Gasteiger partial charge in [-0.2, -0.15) is 0 Å². The van der Waals surface area contributed by atoms with E-state index in [2.05, 4.69) is 52.1 Å². The number of ether oxygens (including phenoxy) is 1. The molecule has 0 spiro atoms. The minimum atomic E-state index is 0.422. The molecule has 0 N–H and O–H groups in total. The van der Waals surface area contributed by atoms with E-state index in [9.17, 15) is 0 Å². The van der Waals surface area contributed by atoms with Crippen LogP contribution in [0.3, 0.4) is 0 Å². The van der Waals surface area contributed by atoms with Crippen LogP contribution in [0.25, 0.3) is 22.3 Å². The Balaban J connectivity index is 2.18. The van der Waals surface area contributed by atoms with Crippen LogP contribution in [0.2, 0.25) is 0 Å². The number of rotatable bonds is 5. The lowest BCUT2D eigenvalue weighted by Gasteiger charge is -2.15. The van der Waals surface area contributed by atoms with Crippen LogP contribution in [-0.2, 0) is 6.42 Å². The largest absolute Gasteiger partial charge is 0.496 e. The van der Waals surface area contributed by atoms with Gasteiger partial charge in [0.2, 0.25) is 0 Å². The van der Waals surface area contributed by atoms with Gasteiger partial charge in [-0.05, 0) is 42.5 Å². The Hall–Kier alpha value is -1.94. The second-order valence-corrected chi connectivity index (χ2v) is 8.21. The Bertz CT molecular complexity index is 896. The molecule has 0 amide bonds. The maximum atomic E-state index is 5.49. The summed E-state index contributed by atoms with van der Waals surface area (Å²) in [5.74, 6) is 1.91. The summed E-state index contributed by atoms with van der Waals surface area (Å²) in [5.41, 5.74) is 5.34. The van der Waals surface area contributed by atoms with Crippen LogP contribution in [0, 0.1) is 12.8 Å². The predicted molar refractivity (Wildman–Crippen MR) is 107 cm³/mol. The Kier molecular flexibility index (Phi) is 5.09. The number of hydrogen-bond donors (Lipinski definition) is 0. The first-order chi connectivity index (χ1) is 11.9. The molecule has 3 aromatic rings. The molecule has 0 saturated carbocycles. The Morgan fingerprint density at radius 2 is 1.84 bits per heavy atom. The van der Waals surface area contributed by atoms with E-state index in [-0.39, 0.29) is 0 Å². The molecular formula is C21H26N2OS. The third kappa shape index (κ3) is 3.54. The van der Waals surface area contributed by atoms with Crippen molar-refractivity contribution in [2.24, 2.45) is 5.92 Å². The molecule has 2 aromatic heterocycles. The zero-order valence-corrected chi connectivity index (χ0v) is 16.7. The molecule has 0 radical (unpaired) electrons. The van der Waals surface area contributed by atoms with E-state index in [0.29, 0.717) is 11.8 Å². The van der Waals surface area contributed by atoms with Gasteiger partial charge in [0, 0.05) is 22.8 Å². The van der Waals surface area contributed by atoms with Crippen LogP contribution < -0.4 is 4.74 Å². The predicted octanol–water partition coefficient (Wildman–Crippen LogP) is 6.00. The summed E-state index contributed by atoms with van der Waals surface area (Å²) in [7, 11) is 1.71. The minimum absolute atomic E-state index is 0.422. The van der Waals surface area contributed by atoms with Gasteiger partial charge in [-0.15, -0.1) is 11.3 Å². The van der Waals surface area contributed by atoms with E-state index in [1.807, 2.05) is 6.07 Å². The third-order valence-electron chi connectivity index (χ3n) is 4.46. The highest BCUT2D eigenvalue weighted by Crippen LogP contribution is 2.34. The van der Waals surface area contributed by atoms with E-state index >= 15 is 0 Å². The molecule has 0 saturated heterocycles. The summed E-state index contributed by atoms with van der Waals surface area (Å²) >= 11 is 1.73. The highest BCUT2D eigenvalue weighted by atomic mass is 32.1. The number of nitrogens with zero attached hydrogens (tertiary/aromatic N) is 2. The van der Waals surface area contributed by atoms with Gasteiger partial charge < -0.3 is 4.74 Å². The third-order valence-corrected chi connectivity index (χ3v) is 5.33. The van der Waals surface area contributed by atoms with Gasteiger partial charge in [-0.25, -0.2) is 9.97 Å². The maximum Gasteiger partial charge on any atom is 0.123 e. The van der Waals surface area contributed by atoms with Crippen molar-refractivity contribution in [3.63, 3.8) is 0 Å². The lowest BCUT2D eigenvalue weighted by atomic mass is 9.95. The van der Waals surface area contributed by atoms with Gasteiger partial charge >= 0.3 is 0 Å². The van der Waals surface area contributed by atoms with Crippen LogP contribution in [0.1, 0.15) is 49.7 Å². The summed E-state index contributed by atoms with van der Waals surface area (Å²) in [4.78, 5) is 9.78. The van der Waals surface area contributed by atoms with E-state index < -0.39 is 0 Å². The number of benzene rings is 1. The van der Waals surface area contributed by atoms with Crippen molar-refractivity contribution in [3.8, 4) is 17.1 Å². The quantitative estimate of drug-likeness (QED) is 0.564. The van der Waals surface area contributed by atoms with Crippen molar-refractivity contribution < 1.29 is 4.74 Å². The highest BCUT2D eigenvalue weighted by Gasteiger charge is 2.16. The van der Waals surface area contributed by atoms with E-state index in [1.54, 1.807) is 18.4 Å². The van der Waals surface area contributed by atoms with Crippen LogP contribution >= 0.6 is 11.3 Å². The fraction of sp³-hybridized carbons (Fsp3) is 0.429. The minimum Gasteiger partial charge on any atom is -0.496 e. The van der Waals surface area contributed by atoms with Crippen LogP contribution in [-0.4, -0.2) is 17.1 Å². The highest BCUT2D eigenvalue weighted by molar-refractivity contribution is 7.09. The second-order valence-electron chi connectivity index (χ2n) is 7.26. The number of pyridine rings is 1. The first-order valence-corrected chi connectivity index (χ1v) is 9.71. The van der Waals surface area contributed by atoms with Crippen molar-refractivity contribution in [2.45, 2.75) is 47.0 Å². The summed E-state index contributed by atoms with van der Waals surface area (Å²) in [5, 5.41) is 4.51. The van der Waals surface area contributed by atoms with Crippen LogP contribution in [0.15, 0.2) is 23.6 Å². The Labute approximate surface area is 154 Å². The van der Waals surface area contributed by atoms with Crippen molar-refractivity contribution in [2.75, 3.05) is 7.11 Å². The molecule has 3 nitrogen and oxygen atoms in total. The molecule has 2 heterocycles. The molecule has 0 aliphatic rings. The molecule has 0 unspecified atom stereocenters. The molecular weight excluding hydrogens is 328 g/mol. The molecule has 4 heteroatoms. The monoisotopic (exact) mass is 354 g/mol. The number of hydrogen-bond acceptors (Lipinski definition) is 4. The fourth-order valence-corrected chi connectivity index (χ4v) is 4.14. The molecule has 132 valence electrons. The SMILES string of the molecule is COc1ccc2c(C(C)C)cc(-c3csc(CC(C)C)n3)nc2c1C. The molecule has 25 heavy (non-hydrogen) atoms. The molecule has 0 bridgehead atoms. The van der Waals surface area contributed by atoms with Crippen LogP contribution in [0.5, 0.6) is 5.75 Å². The maximum absolute atomic E-state index is 5.49. The molecule has 1 aromatic carbocycles. The van der Waals surface area contributed by atoms with E-state index in [4.69, 9.17) is 14.7 Å². The van der Waals surface area contributed by atoms with Gasteiger partial charge in [0.15, 0.2) is 0 Å². The van der Waals surface area contributed by atoms with Gasteiger partial charge in [0.05, 0.1) is 29.0 Å². The van der Waals surface area contributed by atoms with Gasteiger partial charge in [0.1, 0.15) is 5.75 Å². The Morgan fingerprint density at radius 1 is 1.08 bits per heavy atom. The summed E-state index contributed by atoms with van der Waals surface area (Å²) in [6.07, 6.45) is 1.02. The smallest absolute Gasteiger partial charge is 0.123 e. The fourth-order valence-electron chi connectivity index (χ4n) is 3.14.